The van der Waals surface area contributed by atoms with E-state index in [1.165, 1.54) is 5.56 Å². The van der Waals surface area contributed by atoms with Crippen molar-refractivity contribution in [2.75, 3.05) is 0 Å². The Bertz CT molecular complexity index is 275. The SMILES string of the molecule is C[SiH](C)On1cc(C(C)(C)C)cn1. The molecule has 4 heteroatoms. The van der Waals surface area contributed by atoms with Gasteiger partial charge in [-0.3, -0.25) is 0 Å². The third kappa shape index (κ3) is 2.88. The van der Waals surface area contributed by atoms with Crippen LogP contribution >= 0.6 is 0 Å². The van der Waals surface area contributed by atoms with E-state index in [9.17, 15) is 0 Å². The molecule has 0 fully saturated rings. The van der Waals surface area contributed by atoms with E-state index in [2.05, 4.69) is 39.0 Å². The summed E-state index contributed by atoms with van der Waals surface area (Å²) in [5.41, 5.74) is 1.36. The maximum atomic E-state index is 5.53. The van der Waals surface area contributed by atoms with E-state index in [0.717, 1.165) is 0 Å². The van der Waals surface area contributed by atoms with Crippen molar-refractivity contribution in [2.45, 2.75) is 39.3 Å². The maximum Gasteiger partial charge on any atom is 0.266 e. The van der Waals surface area contributed by atoms with Crippen LogP contribution < -0.4 is 4.53 Å². The van der Waals surface area contributed by atoms with Gasteiger partial charge in [-0.05, 0) is 24.1 Å². The van der Waals surface area contributed by atoms with Crippen LogP contribution in [0.4, 0.5) is 0 Å². The second-order valence-corrected chi connectivity index (χ2v) is 6.84. The highest BCUT2D eigenvalue weighted by atomic mass is 28.3. The first-order chi connectivity index (χ1) is 5.89. The minimum Gasteiger partial charge on any atom is -0.460 e. The lowest BCUT2D eigenvalue weighted by molar-refractivity contribution is 0.237. The highest BCUT2D eigenvalue weighted by Gasteiger charge is 2.16. The Morgan fingerprint density at radius 1 is 1.38 bits per heavy atom. The van der Waals surface area contributed by atoms with Gasteiger partial charge in [0.1, 0.15) is 0 Å². The molecule has 1 rings (SSSR count). The van der Waals surface area contributed by atoms with Crippen molar-refractivity contribution in [1.82, 2.24) is 9.94 Å². The largest absolute Gasteiger partial charge is 0.460 e. The zero-order chi connectivity index (χ0) is 10.1. The van der Waals surface area contributed by atoms with Crippen LogP contribution in [0.25, 0.3) is 0 Å². The molecule has 0 atom stereocenters. The van der Waals surface area contributed by atoms with Crippen LogP contribution in [-0.2, 0) is 5.41 Å². The second-order valence-electron chi connectivity index (χ2n) is 4.54. The van der Waals surface area contributed by atoms with E-state index >= 15 is 0 Å². The van der Waals surface area contributed by atoms with Crippen LogP contribution in [0, 0.1) is 0 Å². The molecule has 13 heavy (non-hydrogen) atoms. The number of aromatic nitrogens is 2. The first kappa shape index (κ1) is 10.3. The third-order valence-electron chi connectivity index (χ3n) is 1.74. The maximum absolute atomic E-state index is 5.53. The fourth-order valence-electron chi connectivity index (χ4n) is 0.966. The molecule has 0 amide bonds. The summed E-state index contributed by atoms with van der Waals surface area (Å²) in [6.45, 7) is 10.8. The summed E-state index contributed by atoms with van der Waals surface area (Å²) in [5.74, 6) is 0. The summed E-state index contributed by atoms with van der Waals surface area (Å²) in [7, 11) is -1.04. The monoisotopic (exact) mass is 198 g/mol. The first-order valence-corrected chi connectivity index (χ1v) is 7.40. The van der Waals surface area contributed by atoms with Crippen molar-refractivity contribution in [2.24, 2.45) is 0 Å². The lowest BCUT2D eigenvalue weighted by Crippen LogP contribution is -2.23. The summed E-state index contributed by atoms with van der Waals surface area (Å²) >= 11 is 0. The molecule has 1 heterocycles. The minimum atomic E-state index is -1.04. The predicted octanol–water partition coefficient (Wildman–Crippen LogP) is 1.59. The predicted molar refractivity (Wildman–Crippen MR) is 56.4 cm³/mol. The molecule has 0 bridgehead atoms. The van der Waals surface area contributed by atoms with E-state index in [1.54, 1.807) is 4.85 Å². The van der Waals surface area contributed by atoms with Crippen LogP contribution in [0.1, 0.15) is 26.3 Å². The van der Waals surface area contributed by atoms with E-state index in [4.69, 9.17) is 4.53 Å². The Labute approximate surface area is 81.4 Å². The Kier molecular flexibility index (Phi) is 2.80. The van der Waals surface area contributed by atoms with Gasteiger partial charge in [0.2, 0.25) is 0 Å². The zero-order valence-electron chi connectivity index (χ0n) is 9.03. The molecule has 3 nitrogen and oxygen atoms in total. The van der Waals surface area contributed by atoms with Crippen LogP contribution in [0.2, 0.25) is 13.1 Å². The van der Waals surface area contributed by atoms with Crippen LogP contribution in [0.3, 0.4) is 0 Å². The van der Waals surface area contributed by atoms with Crippen molar-refractivity contribution in [3.8, 4) is 0 Å². The molecule has 0 unspecified atom stereocenters. The molecule has 74 valence electrons. The number of hydrogen-bond donors (Lipinski definition) is 0. The Balaban J connectivity index is 2.75. The highest BCUT2D eigenvalue weighted by Crippen LogP contribution is 2.20. The summed E-state index contributed by atoms with van der Waals surface area (Å²) in [6.07, 6.45) is 3.84. The van der Waals surface area contributed by atoms with Gasteiger partial charge in [-0.2, -0.15) is 0 Å². The van der Waals surface area contributed by atoms with Gasteiger partial charge in [-0.15, -0.1) is 9.94 Å². The third-order valence-corrected chi connectivity index (χ3v) is 2.38. The molecule has 0 spiro atoms. The smallest absolute Gasteiger partial charge is 0.266 e. The molecule has 0 aliphatic carbocycles. The molecule has 0 radical (unpaired) electrons. The van der Waals surface area contributed by atoms with E-state index < -0.39 is 9.04 Å². The molecule has 0 saturated heterocycles. The summed E-state index contributed by atoms with van der Waals surface area (Å²) in [4.78, 5) is 1.59. The molecular formula is C9H18N2OSi. The Hall–Kier alpha value is -0.773. The van der Waals surface area contributed by atoms with Gasteiger partial charge < -0.3 is 4.53 Å². The minimum absolute atomic E-state index is 0.153. The fourth-order valence-corrected chi connectivity index (χ4v) is 1.51. The van der Waals surface area contributed by atoms with E-state index in [-0.39, 0.29) is 5.41 Å². The van der Waals surface area contributed by atoms with Gasteiger partial charge in [-0.25, -0.2) is 0 Å². The number of hydrogen-bond acceptors (Lipinski definition) is 2. The van der Waals surface area contributed by atoms with Gasteiger partial charge in [0.15, 0.2) is 0 Å². The zero-order valence-corrected chi connectivity index (χ0v) is 10.2. The first-order valence-electron chi connectivity index (χ1n) is 4.62. The van der Waals surface area contributed by atoms with Gasteiger partial charge >= 0.3 is 0 Å². The Morgan fingerprint density at radius 3 is 2.38 bits per heavy atom. The lowest BCUT2D eigenvalue weighted by atomic mass is 9.90. The average Bonchev–Trinajstić information content (AvgIpc) is 2.32. The van der Waals surface area contributed by atoms with Crippen molar-refractivity contribution >= 4 is 9.04 Å². The van der Waals surface area contributed by atoms with Crippen LogP contribution in [0.15, 0.2) is 12.4 Å². The van der Waals surface area contributed by atoms with Gasteiger partial charge in [-0.1, -0.05) is 20.8 Å². The number of nitrogens with zero attached hydrogens (tertiary/aromatic N) is 2. The molecule has 0 aliphatic heterocycles. The quantitative estimate of drug-likeness (QED) is 0.675. The molecule has 0 saturated carbocycles. The standard InChI is InChI=1S/C9H18N2OSi/c1-9(2,3)8-6-10-11(7-8)12-13(4)5/h6-7,13H,1-5H3. The highest BCUT2D eigenvalue weighted by molar-refractivity contribution is 6.48. The van der Waals surface area contributed by atoms with Crippen molar-refractivity contribution < 1.29 is 4.53 Å². The topological polar surface area (TPSA) is 27.1 Å². The molecule has 0 aliphatic rings. The van der Waals surface area contributed by atoms with Crippen molar-refractivity contribution in [3.63, 3.8) is 0 Å². The van der Waals surface area contributed by atoms with Crippen molar-refractivity contribution in [3.05, 3.63) is 18.0 Å². The number of rotatable bonds is 2. The summed E-state index contributed by atoms with van der Waals surface area (Å²) in [6, 6.07) is 0. The lowest BCUT2D eigenvalue weighted by Gasteiger charge is -2.15. The van der Waals surface area contributed by atoms with Gasteiger partial charge in [0.25, 0.3) is 9.04 Å². The second kappa shape index (κ2) is 3.53. The normalized spacial score (nSPS) is 12.2. The van der Waals surface area contributed by atoms with Crippen molar-refractivity contribution in [1.29, 1.82) is 0 Å². The summed E-state index contributed by atoms with van der Waals surface area (Å²) in [5, 5.41) is 4.15. The molecule has 1 aromatic heterocycles. The molecule has 0 N–H and O–H groups in total. The molecule has 0 aromatic carbocycles. The summed E-state index contributed by atoms with van der Waals surface area (Å²) < 4.78 is 5.53. The molecular weight excluding hydrogens is 180 g/mol. The van der Waals surface area contributed by atoms with E-state index in [1.807, 2.05) is 12.4 Å². The van der Waals surface area contributed by atoms with E-state index in [0.29, 0.717) is 0 Å². The fraction of sp³-hybridized carbons (Fsp3) is 0.667. The average molecular weight is 198 g/mol. The van der Waals surface area contributed by atoms with Gasteiger partial charge in [0, 0.05) is 0 Å². The van der Waals surface area contributed by atoms with Crippen LogP contribution in [0.5, 0.6) is 0 Å². The Morgan fingerprint density at radius 2 is 2.00 bits per heavy atom. The van der Waals surface area contributed by atoms with Gasteiger partial charge in [0.05, 0.1) is 12.4 Å². The molecule has 1 aromatic rings. The van der Waals surface area contributed by atoms with Crippen LogP contribution in [-0.4, -0.2) is 19.0 Å².